The van der Waals surface area contributed by atoms with E-state index >= 15 is 0 Å². The number of rotatable bonds is 2. The van der Waals surface area contributed by atoms with E-state index in [1.165, 1.54) is 10.4 Å². The fourth-order valence-corrected chi connectivity index (χ4v) is 3.90. The summed E-state index contributed by atoms with van der Waals surface area (Å²) in [5, 5.41) is 3.11. The highest BCUT2D eigenvalue weighted by Crippen LogP contribution is 2.23. The van der Waals surface area contributed by atoms with Crippen LogP contribution in [-0.4, -0.2) is 38.4 Å². The maximum absolute atomic E-state index is 14.0. The zero-order valence-electron chi connectivity index (χ0n) is 10.5. The van der Waals surface area contributed by atoms with Crippen LogP contribution in [0.3, 0.4) is 0 Å². The molecule has 1 aromatic carbocycles. The molecule has 0 spiro atoms. The fourth-order valence-electron chi connectivity index (χ4n) is 2.13. The minimum absolute atomic E-state index is 0.163. The highest BCUT2D eigenvalue weighted by atomic mass is 32.2. The molecule has 0 aliphatic carbocycles. The average molecular weight is 272 g/mol. The van der Waals surface area contributed by atoms with E-state index < -0.39 is 15.8 Å². The van der Waals surface area contributed by atoms with Gasteiger partial charge in [-0.2, -0.15) is 4.31 Å². The first-order valence-electron chi connectivity index (χ1n) is 5.92. The molecule has 1 aliphatic heterocycles. The van der Waals surface area contributed by atoms with Crippen LogP contribution in [0.2, 0.25) is 0 Å². The largest absolute Gasteiger partial charge is 0.314 e. The van der Waals surface area contributed by atoms with Crippen LogP contribution in [0, 0.1) is 12.7 Å². The number of hydrogen-bond donors (Lipinski definition) is 1. The van der Waals surface area contributed by atoms with Gasteiger partial charge in [-0.25, -0.2) is 12.8 Å². The molecule has 0 aromatic heterocycles. The quantitative estimate of drug-likeness (QED) is 0.877. The van der Waals surface area contributed by atoms with Gasteiger partial charge in [0, 0.05) is 25.7 Å². The zero-order valence-corrected chi connectivity index (χ0v) is 11.3. The summed E-state index contributed by atoms with van der Waals surface area (Å²) in [6.45, 7) is 4.94. The first-order valence-corrected chi connectivity index (χ1v) is 7.36. The summed E-state index contributed by atoms with van der Waals surface area (Å²) < 4.78 is 40.2. The Bertz CT molecular complexity index is 545. The SMILES string of the molecule is Cc1cccc(S(=O)(=O)N2CCNC[C@@H]2C)c1F. The van der Waals surface area contributed by atoms with Crippen molar-refractivity contribution in [3.8, 4) is 0 Å². The van der Waals surface area contributed by atoms with Crippen molar-refractivity contribution in [1.82, 2.24) is 9.62 Å². The smallest absolute Gasteiger partial charge is 0.246 e. The van der Waals surface area contributed by atoms with Gasteiger partial charge in [-0.1, -0.05) is 12.1 Å². The highest BCUT2D eigenvalue weighted by molar-refractivity contribution is 7.89. The minimum Gasteiger partial charge on any atom is -0.314 e. The van der Waals surface area contributed by atoms with E-state index in [0.29, 0.717) is 25.2 Å². The lowest BCUT2D eigenvalue weighted by Gasteiger charge is -2.32. The van der Waals surface area contributed by atoms with Crippen LogP contribution >= 0.6 is 0 Å². The van der Waals surface area contributed by atoms with Crippen LogP contribution in [0.25, 0.3) is 0 Å². The summed E-state index contributed by atoms with van der Waals surface area (Å²) >= 11 is 0. The maximum atomic E-state index is 14.0. The average Bonchev–Trinajstić information content (AvgIpc) is 2.32. The second kappa shape index (κ2) is 4.95. The number of piperazine rings is 1. The molecule has 0 unspecified atom stereocenters. The normalized spacial score (nSPS) is 22.1. The highest BCUT2D eigenvalue weighted by Gasteiger charge is 2.32. The summed E-state index contributed by atoms with van der Waals surface area (Å²) in [5.74, 6) is -0.650. The molecule has 0 bridgehead atoms. The molecule has 0 amide bonds. The molecule has 1 saturated heterocycles. The van der Waals surface area contributed by atoms with E-state index in [-0.39, 0.29) is 10.9 Å². The molecule has 0 radical (unpaired) electrons. The molecule has 1 atom stereocenters. The molecule has 4 nitrogen and oxygen atoms in total. The van der Waals surface area contributed by atoms with E-state index in [2.05, 4.69) is 5.32 Å². The fraction of sp³-hybridized carbons (Fsp3) is 0.500. The first kappa shape index (κ1) is 13.5. The van der Waals surface area contributed by atoms with Crippen LogP contribution in [0.4, 0.5) is 4.39 Å². The Labute approximate surface area is 107 Å². The molecule has 1 N–H and O–H groups in total. The van der Waals surface area contributed by atoms with Crippen LogP contribution in [0.15, 0.2) is 23.1 Å². The van der Waals surface area contributed by atoms with Gasteiger partial charge in [0.15, 0.2) is 0 Å². The molecule has 1 aliphatic rings. The molecule has 0 saturated carbocycles. The van der Waals surface area contributed by atoms with Gasteiger partial charge >= 0.3 is 0 Å². The van der Waals surface area contributed by atoms with Crippen LogP contribution in [0.1, 0.15) is 12.5 Å². The third-order valence-electron chi connectivity index (χ3n) is 3.18. The predicted molar refractivity (Wildman–Crippen MR) is 67.4 cm³/mol. The minimum atomic E-state index is -3.75. The van der Waals surface area contributed by atoms with Gasteiger partial charge in [0.2, 0.25) is 10.0 Å². The summed E-state index contributed by atoms with van der Waals surface area (Å²) in [6, 6.07) is 4.30. The molecule has 1 aromatic rings. The standard InChI is InChI=1S/C12H17FN2O2S/c1-9-4-3-5-11(12(9)13)18(16,17)15-7-6-14-8-10(15)2/h3-5,10,14H,6-8H2,1-2H3/t10-/m0/s1. The maximum Gasteiger partial charge on any atom is 0.246 e. The molecule has 100 valence electrons. The lowest BCUT2D eigenvalue weighted by atomic mass is 10.2. The zero-order chi connectivity index (χ0) is 13.3. The summed E-state index contributed by atoms with van der Waals surface area (Å²) in [4.78, 5) is -0.226. The van der Waals surface area contributed by atoms with Crippen molar-refractivity contribution in [2.24, 2.45) is 0 Å². The third kappa shape index (κ3) is 2.28. The number of benzene rings is 1. The van der Waals surface area contributed by atoms with E-state index in [1.807, 2.05) is 6.92 Å². The second-order valence-corrected chi connectivity index (χ2v) is 6.41. The summed E-state index contributed by atoms with van der Waals surface area (Å²) in [5.41, 5.74) is 0.346. The monoisotopic (exact) mass is 272 g/mol. The van der Waals surface area contributed by atoms with Crippen molar-refractivity contribution >= 4 is 10.0 Å². The van der Waals surface area contributed by atoms with Crippen molar-refractivity contribution in [3.63, 3.8) is 0 Å². The Morgan fingerprint density at radius 1 is 1.44 bits per heavy atom. The molecule has 1 heterocycles. The lowest BCUT2D eigenvalue weighted by Crippen LogP contribution is -2.52. The Kier molecular flexibility index (Phi) is 3.70. The topological polar surface area (TPSA) is 49.4 Å². The van der Waals surface area contributed by atoms with Crippen molar-refractivity contribution in [1.29, 1.82) is 0 Å². The lowest BCUT2D eigenvalue weighted by molar-refractivity contribution is 0.283. The van der Waals surface area contributed by atoms with Gasteiger partial charge in [0.1, 0.15) is 10.7 Å². The van der Waals surface area contributed by atoms with E-state index in [1.54, 1.807) is 19.1 Å². The molecular weight excluding hydrogens is 255 g/mol. The second-order valence-electron chi connectivity index (χ2n) is 4.56. The van der Waals surface area contributed by atoms with Crippen molar-refractivity contribution in [3.05, 3.63) is 29.6 Å². The van der Waals surface area contributed by atoms with Crippen molar-refractivity contribution < 1.29 is 12.8 Å². The van der Waals surface area contributed by atoms with Crippen molar-refractivity contribution in [2.45, 2.75) is 24.8 Å². The molecule has 1 fully saturated rings. The number of nitrogens with one attached hydrogen (secondary N) is 1. The van der Waals surface area contributed by atoms with Gasteiger partial charge in [-0.3, -0.25) is 0 Å². The predicted octanol–water partition coefficient (Wildman–Crippen LogP) is 1.12. The van der Waals surface area contributed by atoms with Gasteiger partial charge < -0.3 is 5.32 Å². The molecule has 2 rings (SSSR count). The van der Waals surface area contributed by atoms with E-state index in [4.69, 9.17) is 0 Å². The van der Waals surface area contributed by atoms with Crippen molar-refractivity contribution in [2.75, 3.05) is 19.6 Å². The van der Waals surface area contributed by atoms with Gasteiger partial charge in [0.25, 0.3) is 0 Å². The Balaban J connectivity index is 2.44. The summed E-state index contributed by atoms with van der Waals surface area (Å²) in [6.07, 6.45) is 0. The van der Waals surface area contributed by atoms with Crippen LogP contribution in [0.5, 0.6) is 0 Å². The number of sulfonamides is 1. The number of nitrogens with zero attached hydrogens (tertiary/aromatic N) is 1. The van der Waals surface area contributed by atoms with Gasteiger partial charge in [0.05, 0.1) is 0 Å². The molecule has 18 heavy (non-hydrogen) atoms. The van der Waals surface area contributed by atoms with Crippen LogP contribution in [-0.2, 0) is 10.0 Å². The number of hydrogen-bond acceptors (Lipinski definition) is 3. The van der Waals surface area contributed by atoms with E-state index in [0.717, 1.165) is 0 Å². The molecular formula is C12H17FN2O2S. The Hall–Kier alpha value is -0.980. The number of halogens is 1. The van der Waals surface area contributed by atoms with Gasteiger partial charge in [-0.15, -0.1) is 0 Å². The van der Waals surface area contributed by atoms with E-state index in [9.17, 15) is 12.8 Å². The Morgan fingerprint density at radius 3 is 2.83 bits per heavy atom. The van der Waals surface area contributed by atoms with Crippen LogP contribution < -0.4 is 5.32 Å². The Morgan fingerprint density at radius 2 is 2.17 bits per heavy atom. The summed E-state index contributed by atoms with van der Waals surface area (Å²) in [7, 11) is -3.75. The number of aryl methyl sites for hydroxylation is 1. The molecule has 6 heteroatoms. The van der Waals surface area contributed by atoms with Gasteiger partial charge in [-0.05, 0) is 25.5 Å². The third-order valence-corrected chi connectivity index (χ3v) is 5.21. The first-order chi connectivity index (χ1) is 8.44.